The van der Waals surface area contributed by atoms with Gasteiger partial charge < -0.3 is 40.5 Å². The summed E-state index contributed by atoms with van der Waals surface area (Å²) in [6.45, 7) is 11.0. The molecule has 5 N–H and O–H groups in total. The van der Waals surface area contributed by atoms with Crippen LogP contribution in [0.3, 0.4) is 0 Å². The van der Waals surface area contributed by atoms with Crippen LogP contribution in [0.15, 0.2) is 59.1 Å². The highest BCUT2D eigenvalue weighted by Gasteiger charge is 2.29. The quantitative estimate of drug-likeness (QED) is 0.0888. The third-order valence-electron chi connectivity index (χ3n) is 6.92. The van der Waals surface area contributed by atoms with E-state index in [1.54, 1.807) is 43.3 Å². The summed E-state index contributed by atoms with van der Waals surface area (Å²) in [5.74, 6) is 6.17. The highest BCUT2D eigenvalue weighted by molar-refractivity contribution is 7.97. The molecule has 0 radical (unpaired) electrons. The van der Waals surface area contributed by atoms with E-state index in [-0.39, 0.29) is 6.54 Å². The number of aromatic nitrogens is 1. The Bertz CT molecular complexity index is 1280. The average Bonchev–Trinajstić information content (AvgIpc) is 3.44. The largest absolute Gasteiger partial charge is 0.497 e. The molecule has 1 aliphatic rings. The fourth-order valence-corrected chi connectivity index (χ4v) is 5.37. The van der Waals surface area contributed by atoms with Crippen LogP contribution < -0.4 is 21.5 Å². The molecule has 2 aromatic rings. The van der Waals surface area contributed by atoms with E-state index in [1.165, 1.54) is 0 Å². The van der Waals surface area contributed by atoms with Crippen LogP contribution in [0.2, 0.25) is 0 Å². The number of halogens is 3. The van der Waals surface area contributed by atoms with Crippen LogP contribution in [0.5, 0.6) is 5.75 Å². The lowest BCUT2D eigenvalue weighted by Gasteiger charge is -2.30. The Morgan fingerprint density at radius 3 is 2.41 bits per heavy atom. The molecule has 1 saturated heterocycles. The standard InChI is InChI=1S/C20H27F3N4.C14H24N2O3S.C2H6/c1-16(25-17-10-13-26(2)14-11-17)5-3-6-18-8-9-19(7-4-12-24)27(18)15-20(21,22)23;1-16(7-9-19-11-10-18-8-6-15)20-14-5-3-4-13(12-14)17-2;1-2/h3,5-6,8-9,17,25H,10-15,24H2,1-2H3;3-5,12H,6-11,15H2,1-2H3;1-2H3/b6-3-,16-5+;;. The Labute approximate surface area is 296 Å². The summed E-state index contributed by atoms with van der Waals surface area (Å²) in [5, 5.41) is 3.47. The molecule has 1 fully saturated rings. The number of ether oxygens (including phenoxy) is 3. The normalized spacial score (nSPS) is 14.1. The van der Waals surface area contributed by atoms with Crippen LogP contribution in [-0.4, -0.2) is 106 Å². The molecule has 0 saturated carbocycles. The Morgan fingerprint density at radius 1 is 1.08 bits per heavy atom. The van der Waals surface area contributed by atoms with E-state index in [0.29, 0.717) is 50.4 Å². The molecule has 49 heavy (non-hydrogen) atoms. The minimum atomic E-state index is -4.32. The van der Waals surface area contributed by atoms with Gasteiger partial charge in [0.15, 0.2) is 0 Å². The third kappa shape index (κ3) is 20.3. The van der Waals surface area contributed by atoms with Gasteiger partial charge in [0, 0.05) is 35.4 Å². The zero-order valence-corrected chi connectivity index (χ0v) is 30.8. The SMILES string of the molecule is C/C(=C\C=C/c1ccc(C#CCN)n1CC(F)(F)F)NC1CCN(C)CC1.CC.COc1cccc(SN(C)CCOCCOCCN)c1. The first-order valence-corrected chi connectivity index (χ1v) is 17.5. The van der Waals surface area contributed by atoms with Crippen molar-refractivity contribution in [2.24, 2.45) is 11.5 Å². The molecule has 0 unspecified atom stereocenters. The first-order valence-electron chi connectivity index (χ1n) is 16.7. The highest BCUT2D eigenvalue weighted by Crippen LogP contribution is 2.25. The van der Waals surface area contributed by atoms with Crippen molar-refractivity contribution in [3.05, 3.63) is 65.6 Å². The number of nitrogens with two attached hydrogens (primary N) is 2. The van der Waals surface area contributed by atoms with Crippen LogP contribution >= 0.6 is 11.9 Å². The molecule has 0 aliphatic carbocycles. The highest BCUT2D eigenvalue weighted by atomic mass is 32.2. The molecule has 9 nitrogen and oxygen atoms in total. The van der Waals surface area contributed by atoms with Crippen molar-refractivity contribution in [1.82, 2.24) is 19.1 Å². The molecule has 0 amide bonds. The van der Waals surface area contributed by atoms with Gasteiger partial charge in [-0.2, -0.15) is 13.2 Å². The van der Waals surface area contributed by atoms with E-state index in [4.69, 9.17) is 25.7 Å². The number of piperidine rings is 1. The number of methoxy groups -OCH3 is 1. The average molecular weight is 711 g/mol. The molecular weight excluding hydrogens is 653 g/mol. The lowest BCUT2D eigenvalue weighted by atomic mass is 10.1. The molecule has 1 aromatic carbocycles. The van der Waals surface area contributed by atoms with E-state index >= 15 is 0 Å². The van der Waals surface area contributed by atoms with Crippen LogP contribution in [-0.2, 0) is 16.0 Å². The summed E-state index contributed by atoms with van der Waals surface area (Å²) in [6.07, 6.45) is 3.17. The second kappa shape index (κ2) is 25.9. The molecule has 1 aromatic heterocycles. The Morgan fingerprint density at radius 2 is 1.78 bits per heavy atom. The number of benzene rings is 1. The fraction of sp³-hybridized carbons (Fsp3) is 0.556. The topological polar surface area (TPSA) is 103 Å². The minimum Gasteiger partial charge on any atom is -0.497 e. The van der Waals surface area contributed by atoms with Crippen LogP contribution in [0.4, 0.5) is 13.2 Å². The molecule has 0 spiro atoms. The molecule has 2 heterocycles. The summed E-state index contributed by atoms with van der Waals surface area (Å²) >= 11 is 1.67. The van der Waals surface area contributed by atoms with E-state index in [1.807, 2.05) is 52.1 Å². The maximum atomic E-state index is 12.9. The van der Waals surface area contributed by atoms with Gasteiger partial charge in [0.1, 0.15) is 12.3 Å². The molecule has 276 valence electrons. The van der Waals surface area contributed by atoms with Gasteiger partial charge >= 0.3 is 6.18 Å². The van der Waals surface area contributed by atoms with E-state index in [0.717, 1.165) is 53.4 Å². The van der Waals surface area contributed by atoms with Crippen molar-refractivity contribution in [3.63, 3.8) is 0 Å². The van der Waals surface area contributed by atoms with E-state index in [9.17, 15) is 13.2 Å². The number of likely N-dealkylation sites (tertiary alicyclic amines) is 1. The fourth-order valence-electron chi connectivity index (χ4n) is 4.53. The second-order valence-electron chi connectivity index (χ2n) is 10.9. The van der Waals surface area contributed by atoms with E-state index in [2.05, 4.69) is 39.5 Å². The molecule has 13 heteroatoms. The number of rotatable bonds is 16. The molecule has 0 bridgehead atoms. The van der Waals surface area contributed by atoms with E-state index < -0.39 is 12.7 Å². The van der Waals surface area contributed by atoms with Crippen LogP contribution in [0, 0.1) is 11.8 Å². The van der Waals surface area contributed by atoms with Crippen LogP contribution in [0.25, 0.3) is 6.08 Å². The number of nitrogens with one attached hydrogen (secondary N) is 1. The summed E-state index contributed by atoms with van der Waals surface area (Å²) in [7, 11) is 5.83. The summed E-state index contributed by atoms with van der Waals surface area (Å²) in [6, 6.07) is 11.7. The van der Waals surface area contributed by atoms with Gasteiger partial charge in [-0.25, -0.2) is 4.31 Å². The summed E-state index contributed by atoms with van der Waals surface area (Å²) < 4.78 is 57.9. The molecule has 0 atom stereocenters. The maximum Gasteiger partial charge on any atom is 0.406 e. The predicted molar refractivity (Wildman–Crippen MR) is 196 cm³/mol. The van der Waals surface area contributed by atoms with Crippen molar-refractivity contribution in [1.29, 1.82) is 0 Å². The summed E-state index contributed by atoms with van der Waals surface area (Å²) in [5.41, 5.74) is 12.4. The van der Waals surface area contributed by atoms with Gasteiger partial charge in [-0.1, -0.05) is 31.9 Å². The zero-order valence-electron chi connectivity index (χ0n) is 30.0. The Balaban J connectivity index is 0.000000486. The number of hydrogen-bond acceptors (Lipinski definition) is 9. The molecule has 3 rings (SSSR count). The Kier molecular flexibility index (Phi) is 23.3. The first kappa shape index (κ1) is 44.1. The number of likely N-dealkylation sites (N-methyl/N-ethyl adjacent to an activating group) is 1. The Hall–Kier alpha value is -2.96. The maximum absolute atomic E-state index is 12.9. The van der Waals surface area contributed by atoms with Gasteiger partial charge in [0.05, 0.1) is 45.8 Å². The third-order valence-corrected chi connectivity index (χ3v) is 7.88. The van der Waals surface area contributed by atoms with Crippen molar-refractivity contribution < 1.29 is 27.4 Å². The number of alkyl halides is 3. The smallest absolute Gasteiger partial charge is 0.406 e. The number of hydrogen-bond donors (Lipinski definition) is 3. The molecular formula is C36H57F3N6O3S. The van der Waals surface area contributed by atoms with Crippen molar-refractivity contribution >= 4 is 18.0 Å². The monoisotopic (exact) mass is 710 g/mol. The van der Waals surface area contributed by atoms with Gasteiger partial charge in [-0.3, -0.25) is 0 Å². The van der Waals surface area contributed by atoms with Crippen molar-refractivity contribution in [2.45, 2.75) is 57.3 Å². The molecule has 1 aliphatic heterocycles. The first-order chi connectivity index (χ1) is 23.5. The van der Waals surface area contributed by atoms with Gasteiger partial charge in [-0.15, -0.1) is 0 Å². The number of allylic oxidation sites excluding steroid dienone is 3. The van der Waals surface area contributed by atoms with Gasteiger partial charge in [-0.05, 0) is 107 Å². The zero-order chi connectivity index (χ0) is 36.5. The summed E-state index contributed by atoms with van der Waals surface area (Å²) in [4.78, 5) is 3.45. The lowest BCUT2D eigenvalue weighted by molar-refractivity contribution is -0.140. The van der Waals surface area contributed by atoms with Crippen LogP contribution in [0.1, 0.15) is 45.0 Å². The second-order valence-corrected chi connectivity index (χ2v) is 12.2. The number of nitrogens with zero attached hydrogens (tertiary/aromatic N) is 3. The minimum absolute atomic E-state index is 0.104. The van der Waals surface area contributed by atoms with Crippen molar-refractivity contribution in [3.8, 4) is 17.6 Å². The lowest BCUT2D eigenvalue weighted by Crippen LogP contribution is -2.40. The van der Waals surface area contributed by atoms with Crippen molar-refractivity contribution in [2.75, 3.05) is 80.4 Å². The van der Waals surface area contributed by atoms with Gasteiger partial charge in [0.2, 0.25) is 0 Å². The predicted octanol–water partition coefficient (Wildman–Crippen LogP) is 5.61. The van der Waals surface area contributed by atoms with Gasteiger partial charge in [0.25, 0.3) is 0 Å².